The third kappa shape index (κ3) is 6.49. The topological polar surface area (TPSA) is 48.0 Å². The zero-order valence-corrected chi connectivity index (χ0v) is 18.1. The van der Waals surface area contributed by atoms with E-state index in [1.807, 2.05) is 36.5 Å². The Hall–Kier alpha value is -0.670. The van der Waals surface area contributed by atoms with Crippen LogP contribution in [0.15, 0.2) is 21.2 Å². The van der Waals surface area contributed by atoms with Gasteiger partial charge in [-0.2, -0.15) is 23.5 Å². The number of methoxy groups -OCH3 is 2. The first-order valence-electron chi connectivity index (χ1n) is 8.57. The van der Waals surface area contributed by atoms with E-state index in [0.29, 0.717) is 10.1 Å². The second-order valence-electron chi connectivity index (χ2n) is 5.72. The molecule has 8 heteroatoms. The molecule has 0 aliphatic carbocycles. The van der Waals surface area contributed by atoms with Crippen molar-refractivity contribution in [1.29, 1.82) is 0 Å². The van der Waals surface area contributed by atoms with Gasteiger partial charge in [-0.05, 0) is 6.92 Å². The van der Waals surface area contributed by atoms with Gasteiger partial charge in [0.1, 0.15) is 0 Å². The van der Waals surface area contributed by atoms with Crippen LogP contribution in [0.4, 0.5) is 5.88 Å². The van der Waals surface area contributed by atoms with Gasteiger partial charge in [-0.25, -0.2) is 0 Å². The summed E-state index contributed by atoms with van der Waals surface area (Å²) in [5.74, 6) is 4.83. The van der Waals surface area contributed by atoms with Crippen LogP contribution in [-0.4, -0.2) is 63.5 Å². The molecule has 2 aromatic heterocycles. The summed E-state index contributed by atoms with van der Waals surface area (Å²) in [4.78, 5) is 2.27. The first-order chi connectivity index (χ1) is 12.7. The molecule has 0 bridgehead atoms. The lowest BCUT2D eigenvalue weighted by molar-refractivity contribution is 0.218. The van der Waals surface area contributed by atoms with Crippen LogP contribution in [0.3, 0.4) is 0 Å². The monoisotopic (exact) mass is 417 g/mol. The van der Waals surface area contributed by atoms with Gasteiger partial charge in [-0.1, -0.05) is 12.2 Å². The summed E-state index contributed by atoms with van der Waals surface area (Å²) >= 11 is 9.25. The van der Waals surface area contributed by atoms with Crippen LogP contribution in [0, 0.1) is 11.4 Å². The van der Waals surface area contributed by atoms with Crippen LogP contribution < -0.4 is 4.90 Å². The molecule has 0 aromatic carbocycles. The molecule has 0 saturated carbocycles. The molecule has 146 valence electrons. The van der Waals surface area contributed by atoms with Crippen LogP contribution in [0.1, 0.15) is 5.56 Å². The van der Waals surface area contributed by atoms with Crippen molar-refractivity contribution in [2.75, 3.05) is 68.4 Å². The van der Waals surface area contributed by atoms with Crippen LogP contribution in [0.25, 0.3) is 11.2 Å². The Labute approximate surface area is 168 Å². The Balaban J connectivity index is 2.05. The van der Waals surface area contributed by atoms with E-state index in [-0.39, 0.29) is 0 Å². The summed E-state index contributed by atoms with van der Waals surface area (Å²) in [7, 11) is 3.47. The largest absolute Gasteiger partial charge is 0.459 e. The van der Waals surface area contributed by atoms with Crippen molar-refractivity contribution in [1.82, 2.24) is 0 Å². The van der Waals surface area contributed by atoms with Crippen molar-refractivity contribution in [3.8, 4) is 0 Å². The van der Waals surface area contributed by atoms with Gasteiger partial charge in [-0.3, -0.25) is 0 Å². The highest BCUT2D eigenvalue weighted by molar-refractivity contribution is 7.99. The van der Waals surface area contributed by atoms with E-state index in [1.165, 1.54) is 0 Å². The molecule has 2 rings (SSSR count). The maximum absolute atomic E-state index is 6.13. The molecular weight excluding hydrogens is 390 g/mol. The molecule has 0 fully saturated rings. The summed E-state index contributed by atoms with van der Waals surface area (Å²) in [6, 6.07) is 1.90. The van der Waals surface area contributed by atoms with Gasteiger partial charge >= 0.3 is 0 Å². The number of fused-ring (bicyclic) bond motifs is 1. The Morgan fingerprint density at radius 3 is 2.19 bits per heavy atom. The zero-order valence-electron chi connectivity index (χ0n) is 15.6. The molecule has 0 aliphatic heterocycles. The average Bonchev–Trinajstić information content (AvgIpc) is 3.01. The van der Waals surface area contributed by atoms with E-state index >= 15 is 0 Å². The molecule has 0 atom stereocenters. The predicted molar refractivity (Wildman–Crippen MR) is 115 cm³/mol. The molecule has 0 radical (unpaired) electrons. The second kappa shape index (κ2) is 11.9. The van der Waals surface area contributed by atoms with Crippen LogP contribution >= 0.6 is 35.7 Å². The van der Waals surface area contributed by atoms with Gasteiger partial charge in [0.15, 0.2) is 17.1 Å². The van der Waals surface area contributed by atoms with Gasteiger partial charge in [-0.15, -0.1) is 0 Å². The Bertz CT molecular complexity index is 702. The number of hydrogen-bond acceptors (Lipinski definition) is 8. The fraction of sp³-hybridized carbons (Fsp3) is 0.611. The lowest BCUT2D eigenvalue weighted by atomic mass is 10.3. The molecule has 0 N–H and O–H groups in total. The fourth-order valence-corrected chi connectivity index (χ4v) is 4.29. The number of nitrogens with zero attached hydrogens (tertiary/aromatic N) is 1. The van der Waals surface area contributed by atoms with Crippen molar-refractivity contribution in [2.24, 2.45) is 0 Å². The maximum atomic E-state index is 6.13. The van der Waals surface area contributed by atoms with E-state index in [0.717, 1.165) is 66.3 Å². The first-order valence-corrected chi connectivity index (χ1v) is 11.3. The number of thioether (sulfide) groups is 2. The molecule has 5 nitrogen and oxygen atoms in total. The standard InChI is InChI=1S/C18H27NO4S3/c1-14-13-22-18-15(24)12-16(23-17(14)18)19(4-8-25-10-6-20-2)5-9-26-11-7-21-3/h12-13H,4-11H2,1-3H3. The van der Waals surface area contributed by atoms with Gasteiger partial charge in [0, 0.05) is 62.0 Å². The molecule has 0 spiro atoms. The zero-order chi connectivity index (χ0) is 18.8. The van der Waals surface area contributed by atoms with Gasteiger partial charge in [0.05, 0.1) is 24.0 Å². The van der Waals surface area contributed by atoms with Crippen molar-refractivity contribution in [3.05, 3.63) is 22.4 Å². The van der Waals surface area contributed by atoms with Crippen molar-refractivity contribution < 1.29 is 18.3 Å². The van der Waals surface area contributed by atoms with E-state index in [9.17, 15) is 0 Å². The summed E-state index contributed by atoms with van der Waals surface area (Å²) in [6.07, 6.45) is 1.69. The fourth-order valence-electron chi connectivity index (χ4n) is 2.37. The number of ether oxygens (including phenoxy) is 2. The van der Waals surface area contributed by atoms with E-state index in [4.69, 9.17) is 30.5 Å². The van der Waals surface area contributed by atoms with Crippen molar-refractivity contribution in [2.45, 2.75) is 6.92 Å². The quantitative estimate of drug-likeness (QED) is 0.345. The minimum Gasteiger partial charge on any atom is -0.459 e. The normalized spacial score (nSPS) is 11.3. The molecule has 2 heterocycles. The maximum Gasteiger partial charge on any atom is 0.197 e. The number of anilines is 1. The Morgan fingerprint density at radius 1 is 1.00 bits per heavy atom. The second-order valence-corrected chi connectivity index (χ2v) is 8.61. The van der Waals surface area contributed by atoms with Gasteiger partial charge < -0.3 is 23.2 Å². The van der Waals surface area contributed by atoms with Crippen LogP contribution in [0.2, 0.25) is 0 Å². The summed E-state index contributed by atoms with van der Waals surface area (Å²) in [6.45, 7) is 5.33. The van der Waals surface area contributed by atoms with E-state index in [2.05, 4.69) is 4.90 Å². The van der Waals surface area contributed by atoms with E-state index in [1.54, 1.807) is 20.5 Å². The number of hydrogen-bond donors (Lipinski definition) is 0. The highest BCUT2D eigenvalue weighted by atomic mass is 32.2. The minimum absolute atomic E-state index is 0.658. The van der Waals surface area contributed by atoms with E-state index < -0.39 is 0 Å². The molecule has 0 aliphatic rings. The van der Waals surface area contributed by atoms with Crippen molar-refractivity contribution >= 4 is 52.8 Å². The van der Waals surface area contributed by atoms with Gasteiger partial charge in [0.2, 0.25) is 0 Å². The number of rotatable bonds is 13. The molecule has 0 saturated heterocycles. The summed E-state index contributed by atoms with van der Waals surface area (Å²) < 4.78 is 22.6. The molecule has 26 heavy (non-hydrogen) atoms. The van der Waals surface area contributed by atoms with Crippen LogP contribution in [0.5, 0.6) is 0 Å². The smallest absolute Gasteiger partial charge is 0.197 e. The molecule has 2 aromatic rings. The third-order valence-corrected chi connectivity index (χ3v) is 5.95. The average molecular weight is 418 g/mol. The minimum atomic E-state index is 0.658. The molecular formula is C18H27NO4S3. The SMILES string of the molecule is COCCSCCN(CCSCCOC)c1cc(=S)c2occ(C)c2o1. The molecule has 0 amide bonds. The lowest BCUT2D eigenvalue weighted by Crippen LogP contribution is -2.28. The first kappa shape index (κ1) is 21.6. The Morgan fingerprint density at radius 2 is 1.62 bits per heavy atom. The van der Waals surface area contributed by atoms with Gasteiger partial charge in [0.25, 0.3) is 0 Å². The highest BCUT2D eigenvalue weighted by Gasteiger charge is 2.14. The Kier molecular flexibility index (Phi) is 9.92. The summed E-state index contributed by atoms with van der Waals surface area (Å²) in [5, 5.41) is 0. The number of aryl methyl sites for hydroxylation is 1. The van der Waals surface area contributed by atoms with Crippen LogP contribution in [-0.2, 0) is 9.47 Å². The predicted octanol–water partition coefficient (Wildman–Crippen LogP) is 4.63. The highest BCUT2D eigenvalue weighted by Crippen LogP contribution is 2.28. The van der Waals surface area contributed by atoms with Crippen molar-refractivity contribution in [3.63, 3.8) is 0 Å². The summed E-state index contributed by atoms with van der Waals surface area (Å²) in [5.41, 5.74) is 2.37. The molecule has 0 unspecified atom stereocenters. The lowest BCUT2D eigenvalue weighted by Gasteiger charge is -2.23. The number of furan rings is 1. The third-order valence-electron chi connectivity index (χ3n) is 3.79.